The molecule has 1 amide bonds. The lowest BCUT2D eigenvalue weighted by Gasteiger charge is -2.34. The zero-order valence-electron chi connectivity index (χ0n) is 12.1. The molecule has 2 rings (SSSR count). The van der Waals surface area contributed by atoms with E-state index in [1.165, 1.54) is 12.1 Å². The molecule has 1 aromatic rings. The van der Waals surface area contributed by atoms with Crippen LogP contribution in [0.1, 0.15) is 19.8 Å². The first-order chi connectivity index (χ1) is 9.95. The minimum absolute atomic E-state index is 0.129. The summed E-state index contributed by atoms with van der Waals surface area (Å²) >= 11 is 5.68. The number of halogens is 2. The highest BCUT2D eigenvalue weighted by Crippen LogP contribution is 2.20. The summed E-state index contributed by atoms with van der Waals surface area (Å²) < 4.78 is 13.6. The number of carbonyl (C=O) groups is 1. The second-order valence-corrected chi connectivity index (χ2v) is 6.11. The van der Waals surface area contributed by atoms with Crippen molar-refractivity contribution in [2.24, 2.45) is 11.7 Å². The van der Waals surface area contributed by atoms with E-state index in [1.54, 1.807) is 6.07 Å². The molecule has 0 saturated carbocycles. The van der Waals surface area contributed by atoms with Crippen LogP contribution in [-0.2, 0) is 4.79 Å². The molecule has 1 saturated heterocycles. The summed E-state index contributed by atoms with van der Waals surface area (Å²) in [6.07, 6.45) is 2.14. The van der Waals surface area contributed by atoms with Crippen molar-refractivity contribution < 1.29 is 9.18 Å². The third-order valence-corrected chi connectivity index (χ3v) is 4.09. The number of nitrogens with zero attached hydrogens (tertiary/aromatic N) is 1. The monoisotopic (exact) mass is 313 g/mol. The first-order valence-corrected chi connectivity index (χ1v) is 7.56. The van der Waals surface area contributed by atoms with Gasteiger partial charge in [0.15, 0.2) is 0 Å². The molecular formula is C15H21ClFN3O. The van der Waals surface area contributed by atoms with Crippen molar-refractivity contribution in [3.05, 3.63) is 29.0 Å². The van der Waals surface area contributed by atoms with Crippen LogP contribution in [0.3, 0.4) is 0 Å². The molecule has 1 aliphatic heterocycles. The SMILES string of the molecule is CC(N)C1CCCN(CC(=O)Nc2ccc(Cl)cc2F)C1. The fraction of sp³-hybridized carbons (Fsp3) is 0.533. The van der Waals surface area contributed by atoms with Gasteiger partial charge < -0.3 is 11.1 Å². The summed E-state index contributed by atoms with van der Waals surface area (Å²) in [5, 5.41) is 2.89. The van der Waals surface area contributed by atoms with Crippen LogP contribution in [0.2, 0.25) is 5.02 Å². The predicted molar refractivity (Wildman–Crippen MR) is 82.9 cm³/mol. The molecule has 2 unspecified atom stereocenters. The Morgan fingerprint density at radius 2 is 2.38 bits per heavy atom. The summed E-state index contributed by atoms with van der Waals surface area (Å²) in [6, 6.07) is 4.33. The minimum Gasteiger partial charge on any atom is -0.328 e. The molecule has 21 heavy (non-hydrogen) atoms. The minimum atomic E-state index is -0.525. The molecule has 6 heteroatoms. The smallest absolute Gasteiger partial charge is 0.238 e. The van der Waals surface area contributed by atoms with E-state index in [1.807, 2.05) is 6.92 Å². The third kappa shape index (κ3) is 4.66. The lowest BCUT2D eigenvalue weighted by molar-refractivity contribution is -0.117. The fourth-order valence-corrected chi connectivity index (χ4v) is 2.81. The Kier molecular flexibility index (Phi) is 5.56. The van der Waals surface area contributed by atoms with Gasteiger partial charge in [-0.15, -0.1) is 0 Å². The molecule has 0 bridgehead atoms. The van der Waals surface area contributed by atoms with Gasteiger partial charge in [-0.05, 0) is 50.4 Å². The molecule has 1 aromatic carbocycles. The normalized spacial score (nSPS) is 21.0. The summed E-state index contributed by atoms with van der Waals surface area (Å²) in [5.41, 5.74) is 6.09. The number of nitrogens with one attached hydrogen (secondary N) is 1. The number of benzene rings is 1. The van der Waals surface area contributed by atoms with Crippen molar-refractivity contribution in [1.29, 1.82) is 0 Å². The fourth-order valence-electron chi connectivity index (χ4n) is 2.65. The van der Waals surface area contributed by atoms with Crippen molar-refractivity contribution in [3.8, 4) is 0 Å². The molecule has 0 aromatic heterocycles. The maximum atomic E-state index is 13.6. The predicted octanol–water partition coefficient (Wildman–Crippen LogP) is 2.48. The van der Waals surface area contributed by atoms with E-state index in [-0.39, 0.29) is 24.2 Å². The first kappa shape index (κ1) is 16.2. The van der Waals surface area contributed by atoms with Crippen LogP contribution >= 0.6 is 11.6 Å². The van der Waals surface area contributed by atoms with E-state index in [0.717, 1.165) is 25.9 Å². The van der Waals surface area contributed by atoms with Gasteiger partial charge >= 0.3 is 0 Å². The number of piperidine rings is 1. The van der Waals surface area contributed by atoms with E-state index < -0.39 is 5.82 Å². The Morgan fingerprint density at radius 3 is 3.05 bits per heavy atom. The Morgan fingerprint density at radius 1 is 1.62 bits per heavy atom. The number of amides is 1. The zero-order valence-corrected chi connectivity index (χ0v) is 12.9. The lowest BCUT2D eigenvalue weighted by atomic mass is 9.92. The van der Waals surface area contributed by atoms with Gasteiger partial charge in [-0.3, -0.25) is 9.69 Å². The number of carbonyl (C=O) groups excluding carboxylic acids is 1. The second kappa shape index (κ2) is 7.20. The summed E-state index contributed by atoms with van der Waals surface area (Å²) in [4.78, 5) is 14.1. The molecule has 2 atom stereocenters. The van der Waals surface area contributed by atoms with Crippen LogP contribution in [0.5, 0.6) is 0 Å². The Balaban J connectivity index is 1.89. The summed E-state index contributed by atoms with van der Waals surface area (Å²) in [6.45, 7) is 3.94. The van der Waals surface area contributed by atoms with E-state index in [9.17, 15) is 9.18 Å². The highest BCUT2D eigenvalue weighted by Gasteiger charge is 2.24. The van der Waals surface area contributed by atoms with Gasteiger partial charge in [0.1, 0.15) is 5.82 Å². The van der Waals surface area contributed by atoms with E-state index in [0.29, 0.717) is 10.9 Å². The van der Waals surface area contributed by atoms with Crippen molar-refractivity contribution in [3.63, 3.8) is 0 Å². The lowest BCUT2D eigenvalue weighted by Crippen LogP contribution is -2.45. The van der Waals surface area contributed by atoms with Crippen LogP contribution in [0.4, 0.5) is 10.1 Å². The Labute approximate surface area is 129 Å². The zero-order chi connectivity index (χ0) is 15.4. The highest BCUT2D eigenvalue weighted by atomic mass is 35.5. The average molecular weight is 314 g/mol. The van der Waals surface area contributed by atoms with Gasteiger partial charge in [0, 0.05) is 17.6 Å². The molecule has 0 aliphatic carbocycles. The van der Waals surface area contributed by atoms with Crippen LogP contribution < -0.4 is 11.1 Å². The van der Waals surface area contributed by atoms with Crippen molar-refractivity contribution >= 4 is 23.2 Å². The molecule has 4 nitrogen and oxygen atoms in total. The van der Waals surface area contributed by atoms with Crippen LogP contribution in [-0.4, -0.2) is 36.5 Å². The maximum Gasteiger partial charge on any atom is 0.238 e. The Bertz CT molecular complexity index is 510. The van der Waals surface area contributed by atoms with E-state index in [2.05, 4.69) is 10.2 Å². The number of hydrogen-bond acceptors (Lipinski definition) is 3. The summed E-state index contributed by atoms with van der Waals surface area (Å²) in [5.74, 6) is -0.330. The van der Waals surface area contributed by atoms with Gasteiger partial charge in [-0.25, -0.2) is 4.39 Å². The number of hydrogen-bond donors (Lipinski definition) is 2. The number of anilines is 1. The average Bonchev–Trinajstić information content (AvgIpc) is 2.42. The molecular weight excluding hydrogens is 293 g/mol. The van der Waals surface area contributed by atoms with Gasteiger partial charge in [-0.2, -0.15) is 0 Å². The maximum absolute atomic E-state index is 13.6. The molecule has 1 aliphatic rings. The molecule has 0 radical (unpaired) electrons. The van der Waals surface area contributed by atoms with E-state index >= 15 is 0 Å². The number of likely N-dealkylation sites (tertiary alicyclic amines) is 1. The van der Waals surface area contributed by atoms with Crippen LogP contribution in [0.15, 0.2) is 18.2 Å². The molecule has 3 N–H and O–H groups in total. The third-order valence-electron chi connectivity index (χ3n) is 3.86. The standard InChI is InChI=1S/C15H21ClFN3O/c1-10(18)11-3-2-6-20(8-11)9-15(21)19-14-5-4-12(16)7-13(14)17/h4-5,7,10-11H,2-3,6,8-9,18H2,1H3,(H,19,21). The molecule has 116 valence electrons. The van der Waals surface area contributed by atoms with Gasteiger partial charge in [0.25, 0.3) is 0 Å². The van der Waals surface area contributed by atoms with Gasteiger partial charge in [0.2, 0.25) is 5.91 Å². The van der Waals surface area contributed by atoms with Crippen molar-refractivity contribution in [2.45, 2.75) is 25.8 Å². The van der Waals surface area contributed by atoms with Crippen LogP contribution in [0, 0.1) is 11.7 Å². The van der Waals surface area contributed by atoms with Crippen molar-refractivity contribution in [1.82, 2.24) is 4.90 Å². The van der Waals surface area contributed by atoms with E-state index in [4.69, 9.17) is 17.3 Å². The number of nitrogens with two attached hydrogens (primary N) is 1. The van der Waals surface area contributed by atoms with Crippen molar-refractivity contribution in [2.75, 3.05) is 25.0 Å². The molecule has 1 fully saturated rings. The largest absolute Gasteiger partial charge is 0.328 e. The highest BCUT2D eigenvalue weighted by molar-refractivity contribution is 6.30. The summed E-state index contributed by atoms with van der Waals surface area (Å²) in [7, 11) is 0. The quantitative estimate of drug-likeness (QED) is 0.898. The topological polar surface area (TPSA) is 58.4 Å². The Hall–Kier alpha value is -1.17. The number of rotatable bonds is 4. The van der Waals surface area contributed by atoms with Gasteiger partial charge in [-0.1, -0.05) is 11.6 Å². The first-order valence-electron chi connectivity index (χ1n) is 7.18. The molecule has 0 spiro atoms. The molecule has 1 heterocycles. The van der Waals surface area contributed by atoms with Crippen LogP contribution in [0.25, 0.3) is 0 Å². The van der Waals surface area contributed by atoms with Gasteiger partial charge in [0.05, 0.1) is 12.2 Å². The second-order valence-electron chi connectivity index (χ2n) is 5.67.